The van der Waals surface area contributed by atoms with Crippen molar-refractivity contribution in [1.82, 2.24) is 0 Å². The average Bonchev–Trinajstić information content (AvgIpc) is 3.18. The Morgan fingerprint density at radius 3 is 1.12 bits per heavy atom. The number of hydrogen-bond acceptors (Lipinski definition) is 4. The normalized spacial score (nSPS) is 18.2. The van der Waals surface area contributed by atoms with E-state index < -0.39 is 8.07 Å². The molecule has 0 spiro atoms. The maximum Gasteiger partial charge on any atom is 0.113 e. The highest BCUT2D eigenvalue weighted by Gasteiger charge is 2.57. The molecule has 132 valence electrons. The molecule has 0 aliphatic carbocycles. The van der Waals surface area contributed by atoms with Crippen LogP contribution in [0.5, 0.6) is 0 Å². The molecule has 0 saturated carbocycles. The highest BCUT2D eigenvalue weighted by Crippen LogP contribution is 2.63. The lowest BCUT2D eigenvalue weighted by Crippen LogP contribution is -2.56. The van der Waals surface area contributed by atoms with Crippen LogP contribution < -0.4 is 0 Å². The predicted octanol–water partition coefficient (Wildman–Crippen LogP) is 7.78. The van der Waals surface area contributed by atoms with E-state index in [4.69, 9.17) is 0 Å². The van der Waals surface area contributed by atoms with Gasteiger partial charge in [0.25, 0.3) is 0 Å². The molecule has 0 bridgehead atoms. The minimum absolute atomic E-state index is 0.712. The molecule has 0 atom stereocenters. The molecule has 0 amide bonds. The van der Waals surface area contributed by atoms with Crippen LogP contribution in [0.15, 0.2) is 68.1 Å². The van der Waals surface area contributed by atoms with E-state index in [-0.39, 0.29) is 0 Å². The summed E-state index contributed by atoms with van der Waals surface area (Å²) in [5.41, 5.74) is 1.54. The number of benzene rings is 2. The molecule has 2 aromatic rings. The van der Waals surface area contributed by atoms with Crippen LogP contribution in [0.1, 0.15) is 27.7 Å². The minimum Gasteiger partial charge on any atom is -0.114 e. The smallest absolute Gasteiger partial charge is 0.113 e. The Hall–Kier alpha value is 0.0569. The van der Waals surface area contributed by atoms with Crippen LogP contribution >= 0.6 is 47.0 Å². The summed E-state index contributed by atoms with van der Waals surface area (Å²) in [6.07, 6.45) is 0. The first-order valence-electron chi connectivity index (χ1n) is 8.88. The molecule has 4 rings (SSSR count). The van der Waals surface area contributed by atoms with Crippen LogP contribution in [-0.2, 0) is 0 Å². The Bertz CT molecular complexity index is 658. The van der Waals surface area contributed by atoms with Gasteiger partial charge in [-0.3, -0.25) is 0 Å². The Morgan fingerprint density at radius 2 is 0.880 bits per heavy atom. The van der Waals surface area contributed by atoms with Gasteiger partial charge in [-0.25, -0.2) is 0 Å². The molecular formula is C20H24S4Si. The van der Waals surface area contributed by atoms with Crippen LogP contribution in [0.2, 0.25) is 11.1 Å². The second kappa shape index (κ2) is 7.23. The third-order valence-electron chi connectivity index (χ3n) is 5.45. The average molecular weight is 421 g/mol. The van der Waals surface area contributed by atoms with Crippen molar-refractivity contribution >= 4 is 55.1 Å². The molecule has 2 aliphatic heterocycles. The highest BCUT2D eigenvalue weighted by atomic mass is 32.2. The molecule has 2 aromatic carbocycles. The first kappa shape index (κ1) is 18.4. The van der Waals surface area contributed by atoms with Crippen LogP contribution in [-0.4, -0.2) is 16.5 Å². The van der Waals surface area contributed by atoms with Gasteiger partial charge in [-0.2, -0.15) is 0 Å². The molecule has 0 saturated heterocycles. The van der Waals surface area contributed by atoms with E-state index in [1.54, 1.807) is 0 Å². The summed E-state index contributed by atoms with van der Waals surface area (Å²) >= 11 is 8.65. The second-order valence-corrected chi connectivity index (χ2v) is 19.7. The summed E-state index contributed by atoms with van der Waals surface area (Å²) in [6, 6.07) is 18.0. The van der Waals surface area contributed by atoms with E-state index in [1.807, 2.05) is 0 Å². The molecule has 0 unspecified atom stereocenters. The van der Waals surface area contributed by atoms with Gasteiger partial charge in [-0.1, -0.05) is 52.0 Å². The van der Waals surface area contributed by atoms with Gasteiger partial charge >= 0.3 is 0 Å². The monoisotopic (exact) mass is 420 g/mol. The summed E-state index contributed by atoms with van der Waals surface area (Å²) in [5, 5.41) is 0. The Morgan fingerprint density at radius 1 is 0.600 bits per heavy atom. The molecule has 0 fully saturated rings. The fraction of sp³-hybridized carbons (Fsp3) is 0.400. The number of rotatable bonds is 4. The molecular weight excluding hydrogens is 397 g/mol. The van der Waals surface area contributed by atoms with Crippen LogP contribution in [0.3, 0.4) is 0 Å². The molecule has 2 aliphatic rings. The highest BCUT2D eigenvalue weighted by molar-refractivity contribution is 8.25. The van der Waals surface area contributed by atoms with E-state index in [1.165, 1.54) is 19.6 Å². The van der Waals surface area contributed by atoms with Crippen molar-refractivity contribution in [3.8, 4) is 0 Å². The second-order valence-electron chi connectivity index (χ2n) is 7.34. The van der Waals surface area contributed by atoms with E-state index in [0.717, 1.165) is 11.1 Å². The summed E-state index contributed by atoms with van der Waals surface area (Å²) in [4.78, 5) is 6.00. The zero-order chi connectivity index (χ0) is 17.6. The van der Waals surface area contributed by atoms with E-state index in [0.29, 0.717) is 8.41 Å². The topological polar surface area (TPSA) is 0 Å². The lowest BCUT2D eigenvalue weighted by Gasteiger charge is -2.46. The molecule has 0 N–H and O–H groups in total. The third kappa shape index (κ3) is 3.04. The van der Waals surface area contributed by atoms with Gasteiger partial charge in [0.15, 0.2) is 0 Å². The van der Waals surface area contributed by atoms with Gasteiger partial charge in [-0.05, 0) is 35.3 Å². The quantitative estimate of drug-likeness (QED) is 0.463. The fourth-order valence-electron chi connectivity index (χ4n) is 4.07. The molecule has 25 heavy (non-hydrogen) atoms. The largest absolute Gasteiger partial charge is 0.114 e. The van der Waals surface area contributed by atoms with Gasteiger partial charge in [-0.15, -0.1) is 47.0 Å². The van der Waals surface area contributed by atoms with Crippen molar-refractivity contribution in [3.05, 3.63) is 48.5 Å². The molecule has 0 nitrogen and oxygen atoms in total. The van der Waals surface area contributed by atoms with Gasteiger partial charge in [0.1, 0.15) is 8.07 Å². The SMILES string of the molecule is CC(C)[Si](C(C)C)(C1Sc2ccccc2S1)C1Sc2ccccc2S1. The molecule has 0 radical (unpaired) electrons. The minimum atomic E-state index is -1.63. The molecule has 0 aromatic heterocycles. The molecule has 5 heteroatoms. The molecule has 2 heterocycles. The van der Waals surface area contributed by atoms with Crippen molar-refractivity contribution in [3.63, 3.8) is 0 Å². The number of fused-ring (bicyclic) bond motifs is 2. The lowest BCUT2D eigenvalue weighted by atomic mass is 10.4. The first-order chi connectivity index (χ1) is 12.0. The zero-order valence-electron chi connectivity index (χ0n) is 15.1. The standard InChI is InChI=1S/C20H24S4Si/c1-13(2)25(14(3)4,19-21-15-9-5-6-10-16(15)22-19)20-23-17-11-7-8-12-18(17)24-20/h5-14,19-20H,1-4H3. The van der Waals surface area contributed by atoms with Crippen LogP contribution in [0.25, 0.3) is 0 Å². The number of thioether (sulfide) groups is 4. The van der Waals surface area contributed by atoms with Gasteiger partial charge in [0, 0.05) is 19.6 Å². The third-order valence-corrected chi connectivity index (χ3v) is 22.1. The zero-order valence-corrected chi connectivity index (χ0v) is 19.3. The van der Waals surface area contributed by atoms with Crippen molar-refractivity contribution < 1.29 is 0 Å². The number of hydrogen-bond donors (Lipinski definition) is 0. The summed E-state index contributed by atoms with van der Waals surface area (Å²) < 4.78 is 1.42. The van der Waals surface area contributed by atoms with E-state index in [9.17, 15) is 0 Å². The van der Waals surface area contributed by atoms with Crippen molar-refractivity contribution in [2.24, 2.45) is 0 Å². The van der Waals surface area contributed by atoms with Gasteiger partial charge in [0.05, 0.1) is 8.41 Å². The summed E-state index contributed by atoms with van der Waals surface area (Å²) in [5.74, 6) is 0. The summed E-state index contributed by atoms with van der Waals surface area (Å²) in [6.45, 7) is 10.0. The first-order valence-corrected chi connectivity index (χ1v) is 14.7. The maximum atomic E-state index is 2.50. The fourth-order valence-corrected chi connectivity index (χ4v) is 26.3. The Kier molecular flexibility index (Phi) is 5.33. The van der Waals surface area contributed by atoms with Crippen molar-refractivity contribution in [2.75, 3.05) is 0 Å². The van der Waals surface area contributed by atoms with Crippen molar-refractivity contribution in [2.45, 2.75) is 66.8 Å². The maximum absolute atomic E-state index is 2.50. The Balaban J connectivity index is 1.72. The van der Waals surface area contributed by atoms with Crippen LogP contribution in [0.4, 0.5) is 0 Å². The van der Waals surface area contributed by atoms with Crippen LogP contribution in [0, 0.1) is 0 Å². The van der Waals surface area contributed by atoms with E-state index in [2.05, 4.69) is 123 Å². The van der Waals surface area contributed by atoms with Gasteiger partial charge in [0.2, 0.25) is 0 Å². The van der Waals surface area contributed by atoms with Crippen molar-refractivity contribution in [1.29, 1.82) is 0 Å². The Labute approximate surface area is 169 Å². The predicted molar refractivity (Wildman–Crippen MR) is 120 cm³/mol. The summed E-state index contributed by atoms with van der Waals surface area (Å²) in [7, 11) is -1.63. The lowest BCUT2D eigenvalue weighted by molar-refractivity contribution is 0.891. The van der Waals surface area contributed by atoms with E-state index >= 15 is 0 Å². The van der Waals surface area contributed by atoms with Gasteiger partial charge < -0.3 is 0 Å².